The number of nitrogen functional groups attached to an aromatic ring is 1. The largest absolute Gasteiger partial charge is 0.543 e. The molecular formula is C23H19Cl2N7O4S3. The lowest BCUT2D eigenvalue weighted by Crippen LogP contribution is -2.71. The number of amides is 2. The van der Waals surface area contributed by atoms with E-state index < -0.39 is 23.3 Å². The van der Waals surface area contributed by atoms with Gasteiger partial charge in [-0.15, -0.1) is 28.0 Å². The summed E-state index contributed by atoms with van der Waals surface area (Å²) in [5.41, 5.74) is 6.71. The highest BCUT2D eigenvalue weighted by Gasteiger charge is 2.52. The maximum absolute atomic E-state index is 12.9. The molecule has 39 heavy (non-hydrogen) atoms. The highest BCUT2D eigenvalue weighted by atomic mass is 35.5. The number of thioether (sulfide) groups is 3. The number of nitrogens with one attached hydrogen (secondary N) is 2. The van der Waals surface area contributed by atoms with Crippen molar-refractivity contribution in [1.29, 1.82) is 0 Å². The summed E-state index contributed by atoms with van der Waals surface area (Å²) in [6.45, 7) is 0. The summed E-state index contributed by atoms with van der Waals surface area (Å²) >= 11 is 16.0. The second kappa shape index (κ2) is 11.7. The Morgan fingerprint density at radius 1 is 1.33 bits per heavy atom. The maximum Gasteiger partial charge on any atom is 0.323 e. The van der Waals surface area contributed by atoms with Gasteiger partial charge in [0.25, 0.3) is 11.6 Å². The van der Waals surface area contributed by atoms with Crippen LogP contribution in [-0.2, 0) is 14.4 Å². The first kappa shape index (κ1) is 27.6. The number of carbonyl (C=O) groups is 3. The number of carbonyl (C=O) groups excluding carboxylic acids is 3. The van der Waals surface area contributed by atoms with Gasteiger partial charge in [-0.25, -0.2) is 5.10 Å². The van der Waals surface area contributed by atoms with Crippen molar-refractivity contribution in [1.82, 2.24) is 25.3 Å². The maximum atomic E-state index is 12.9. The highest BCUT2D eigenvalue weighted by molar-refractivity contribution is 8.00. The Labute approximate surface area is 244 Å². The molecule has 5 rings (SSSR count). The molecule has 1 fully saturated rings. The van der Waals surface area contributed by atoms with Crippen LogP contribution < -0.4 is 20.7 Å². The molecule has 0 spiro atoms. The van der Waals surface area contributed by atoms with Crippen LogP contribution in [0.2, 0.25) is 10.0 Å². The van der Waals surface area contributed by atoms with Gasteiger partial charge < -0.3 is 21.0 Å². The lowest BCUT2D eigenvalue weighted by atomic mass is 10.0. The van der Waals surface area contributed by atoms with Crippen molar-refractivity contribution < 1.29 is 24.0 Å². The molecule has 4 heterocycles. The fraction of sp³-hybridized carbons (Fsp3) is 0.217. The Hall–Kier alpha value is -2.91. The monoisotopic (exact) mass is 623 g/mol. The molecule has 2 atom stereocenters. The summed E-state index contributed by atoms with van der Waals surface area (Å²) in [6, 6.07) is 5.74. The van der Waals surface area contributed by atoms with E-state index in [2.05, 4.69) is 20.4 Å². The molecule has 202 valence electrons. The van der Waals surface area contributed by atoms with E-state index in [0.717, 1.165) is 0 Å². The third kappa shape index (κ3) is 5.84. The number of rotatable bonds is 9. The van der Waals surface area contributed by atoms with Crippen molar-refractivity contribution in [2.75, 3.05) is 23.0 Å². The van der Waals surface area contributed by atoms with Gasteiger partial charge >= 0.3 is 5.16 Å². The lowest BCUT2D eigenvalue weighted by molar-refractivity contribution is -0.622. The molecule has 1 aromatic carbocycles. The minimum absolute atomic E-state index is 0.0150. The van der Waals surface area contributed by atoms with Gasteiger partial charge in [0, 0.05) is 21.4 Å². The van der Waals surface area contributed by atoms with Crippen molar-refractivity contribution in [2.45, 2.75) is 21.5 Å². The van der Waals surface area contributed by atoms with Crippen LogP contribution in [0.25, 0.3) is 5.65 Å². The number of aromatic nitrogens is 4. The number of nitrogens with zero attached hydrogens (tertiary/aromatic N) is 4. The van der Waals surface area contributed by atoms with Gasteiger partial charge in [-0.3, -0.25) is 14.5 Å². The van der Waals surface area contributed by atoms with Gasteiger partial charge in [0.05, 0.1) is 28.5 Å². The summed E-state index contributed by atoms with van der Waals surface area (Å²) in [5.74, 6) is -1.21. The first-order chi connectivity index (χ1) is 18.7. The van der Waals surface area contributed by atoms with Gasteiger partial charge in [0.1, 0.15) is 11.4 Å². The second-order valence-electron chi connectivity index (χ2n) is 8.24. The van der Waals surface area contributed by atoms with Crippen LogP contribution in [-0.4, -0.2) is 66.4 Å². The molecule has 11 nitrogen and oxygen atoms in total. The summed E-state index contributed by atoms with van der Waals surface area (Å²) in [6.07, 6.45) is 4.96. The number of nitrogens with two attached hydrogens (primary N) is 1. The van der Waals surface area contributed by atoms with Gasteiger partial charge in [-0.05, 0) is 35.5 Å². The van der Waals surface area contributed by atoms with Gasteiger partial charge in [-0.1, -0.05) is 45.3 Å². The molecule has 4 N–H and O–H groups in total. The number of H-pyrrole nitrogens is 1. The normalized spacial score (nSPS) is 18.9. The Balaban J connectivity index is 1.21. The molecule has 2 aromatic heterocycles. The third-order valence-corrected chi connectivity index (χ3v) is 9.62. The molecular weight excluding hydrogens is 605 g/mol. The number of aromatic amines is 1. The predicted octanol–water partition coefficient (Wildman–Crippen LogP) is 1.28. The molecule has 16 heteroatoms. The van der Waals surface area contributed by atoms with Crippen LogP contribution in [0.15, 0.2) is 64.1 Å². The minimum atomic E-state index is -1.45. The van der Waals surface area contributed by atoms with Gasteiger partial charge in [-0.2, -0.15) is 0 Å². The van der Waals surface area contributed by atoms with Gasteiger partial charge in [0.2, 0.25) is 11.7 Å². The van der Waals surface area contributed by atoms with Crippen molar-refractivity contribution in [3.05, 3.63) is 64.1 Å². The molecule has 0 unspecified atom stereocenters. The molecule has 2 amide bonds. The minimum Gasteiger partial charge on any atom is -0.543 e. The molecule has 1 saturated heterocycles. The zero-order valence-electron chi connectivity index (χ0n) is 19.8. The van der Waals surface area contributed by atoms with Crippen LogP contribution in [0.3, 0.4) is 0 Å². The average Bonchev–Trinajstić information content (AvgIpc) is 3.38. The van der Waals surface area contributed by atoms with Crippen LogP contribution >= 0.6 is 58.5 Å². The summed E-state index contributed by atoms with van der Waals surface area (Å²) in [4.78, 5) is 47.7. The first-order valence-electron chi connectivity index (χ1n) is 11.3. The number of allylic oxidation sites excluding steroid dienone is 1. The molecule has 0 bridgehead atoms. The average molecular weight is 625 g/mol. The van der Waals surface area contributed by atoms with Crippen molar-refractivity contribution >= 4 is 87.7 Å². The fourth-order valence-electron chi connectivity index (χ4n) is 3.97. The standard InChI is InChI=1S/C23H19Cl2N7O4S3/c24-12-3-4-13(25)14(6-12)38-9-17(33)30-18-20(34)31-19(22(35)36)11(8-39-21(18)31)2-1-5-37-23-29-15(26)7-16-27-10-28-32(16)23/h1-4,6-7,10,18,21H,5,8-9H2,(H4,26,27,28,30,33,35,36)/b2-1+/t18-,21-/m1/s1. The molecule has 0 aliphatic carbocycles. The number of benzene rings is 1. The summed E-state index contributed by atoms with van der Waals surface area (Å²) in [7, 11) is 0. The van der Waals surface area contributed by atoms with Crippen molar-refractivity contribution in [3.63, 3.8) is 0 Å². The van der Waals surface area contributed by atoms with Crippen molar-refractivity contribution in [2.24, 2.45) is 0 Å². The second-order valence-corrected chi connectivity index (χ2v) is 12.2. The number of hydrogen-bond donors (Lipinski definition) is 3. The van der Waals surface area contributed by atoms with E-state index in [9.17, 15) is 19.5 Å². The van der Waals surface area contributed by atoms with E-state index in [1.807, 2.05) is 0 Å². The van der Waals surface area contributed by atoms with E-state index in [0.29, 0.717) is 48.6 Å². The number of carboxylic acid groups (broad SMARTS) is 1. The smallest absolute Gasteiger partial charge is 0.323 e. The molecule has 2 aliphatic heterocycles. The quantitative estimate of drug-likeness (QED) is 0.137. The molecule has 0 saturated carbocycles. The zero-order chi connectivity index (χ0) is 27.7. The topological polar surface area (TPSA) is 161 Å². The molecule has 0 radical (unpaired) electrons. The SMILES string of the molecule is Nc1cc2nc[nH][n+]2c(SC/C=C/C2=C(C(=O)[O-])N3C(=O)[C@@H](NC(=O)CSc4cc(Cl)ccc4Cl)[C@H]3SC2)n1. The Bertz CT molecular complexity index is 1550. The number of β-lactam (4-membered cyclic amide) rings is 1. The van der Waals surface area contributed by atoms with Crippen LogP contribution in [0, 0.1) is 0 Å². The van der Waals surface area contributed by atoms with Crippen LogP contribution in [0.5, 0.6) is 0 Å². The first-order valence-corrected chi connectivity index (χ1v) is 15.1. The van der Waals surface area contributed by atoms with Crippen LogP contribution in [0.1, 0.15) is 0 Å². The number of fused-ring (bicyclic) bond motifs is 2. The lowest BCUT2D eigenvalue weighted by Gasteiger charge is -2.50. The fourth-order valence-corrected chi connectivity index (χ4v) is 7.38. The van der Waals surface area contributed by atoms with Crippen LogP contribution in [0.4, 0.5) is 5.82 Å². The van der Waals surface area contributed by atoms with E-state index in [-0.39, 0.29) is 17.4 Å². The van der Waals surface area contributed by atoms with E-state index in [1.165, 1.54) is 46.5 Å². The Kier molecular flexibility index (Phi) is 8.28. The highest BCUT2D eigenvalue weighted by Crippen LogP contribution is 2.40. The number of carboxylic acids is 1. The predicted molar refractivity (Wildman–Crippen MR) is 148 cm³/mol. The van der Waals surface area contributed by atoms with E-state index in [1.54, 1.807) is 40.9 Å². The number of aliphatic carboxylic acids is 1. The molecule has 2 aliphatic rings. The summed E-state index contributed by atoms with van der Waals surface area (Å²) in [5, 5.41) is 18.6. The third-order valence-electron chi connectivity index (χ3n) is 5.69. The van der Waals surface area contributed by atoms with E-state index in [4.69, 9.17) is 28.9 Å². The Morgan fingerprint density at radius 2 is 2.15 bits per heavy atom. The van der Waals surface area contributed by atoms with E-state index >= 15 is 0 Å². The van der Waals surface area contributed by atoms with Gasteiger partial charge in [0.15, 0.2) is 6.33 Å². The zero-order valence-corrected chi connectivity index (χ0v) is 23.8. The Morgan fingerprint density at radius 3 is 2.95 bits per heavy atom. The number of halogens is 2. The molecule has 3 aromatic rings. The summed E-state index contributed by atoms with van der Waals surface area (Å²) < 4.78 is 1.68. The number of hydrogen-bond acceptors (Lipinski definition) is 10. The van der Waals surface area contributed by atoms with Crippen molar-refractivity contribution in [3.8, 4) is 0 Å². The number of anilines is 1.